The van der Waals surface area contributed by atoms with Crippen molar-refractivity contribution in [2.75, 3.05) is 39.6 Å². The van der Waals surface area contributed by atoms with E-state index in [1.807, 2.05) is 0 Å². The summed E-state index contributed by atoms with van der Waals surface area (Å²) in [5, 5.41) is 20.7. The van der Waals surface area contributed by atoms with Crippen LogP contribution in [0.4, 0.5) is 0 Å². The van der Waals surface area contributed by atoms with E-state index in [9.17, 15) is 43.5 Å². The van der Waals surface area contributed by atoms with Crippen molar-refractivity contribution in [1.29, 1.82) is 0 Å². The minimum Gasteiger partial charge on any atom is -0.463 e. The fourth-order valence-electron chi connectivity index (χ4n) is 11.5. The fourth-order valence-corrected chi connectivity index (χ4v) is 13.1. The molecule has 0 aromatic rings. The molecule has 0 bridgehead atoms. The molecule has 0 radical (unpaired) electrons. The third-order valence-corrected chi connectivity index (χ3v) is 19.7. The summed E-state index contributed by atoms with van der Waals surface area (Å²) in [5.41, 5.74) is 0. The van der Waals surface area contributed by atoms with Crippen LogP contribution in [0, 0.1) is 0 Å². The van der Waals surface area contributed by atoms with Gasteiger partial charge in [-0.15, -0.1) is 0 Å². The first-order chi connectivity index (χ1) is 50.2. The first-order valence-electron chi connectivity index (χ1n) is 41.5. The Labute approximate surface area is 628 Å². The Morgan fingerprint density at radius 2 is 0.515 bits per heavy atom. The lowest BCUT2D eigenvalue weighted by molar-refractivity contribution is -0.161. The molecule has 0 aromatic carbocycles. The van der Waals surface area contributed by atoms with Crippen molar-refractivity contribution in [3.63, 3.8) is 0 Å². The molecule has 598 valence electrons. The highest BCUT2D eigenvalue weighted by Gasteiger charge is 2.29. The highest BCUT2D eigenvalue weighted by Crippen LogP contribution is 2.45. The van der Waals surface area contributed by atoms with E-state index < -0.39 is 91.5 Å². The molecule has 18 heteroatoms. The van der Waals surface area contributed by atoms with E-state index in [2.05, 4.69) is 118 Å². The van der Waals surface area contributed by atoms with Gasteiger partial charge in [-0.05, 0) is 103 Å². The minimum atomic E-state index is -4.93. The zero-order valence-corrected chi connectivity index (χ0v) is 67.3. The van der Waals surface area contributed by atoms with Gasteiger partial charge in [0.15, 0.2) is 6.10 Å². The first kappa shape index (κ1) is 99.5. The molecule has 0 saturated carbocycles. The van der Waals surface area contributed by atoms with Gasteiger partial charge in [-0.2, -0.15) is 0 Å². The zero-order valence-electron chi connectivity index (χ0n) is 65.5. The van der Waals surface area contributed by atoms with Crippen molar-refractivity contribution >= 4 is 33.6 Å². The van der Waals surface area contributed by atoms with Crippen molar-refractivity contribution in [3.05, 3.63) is 97.2 Å². The summed E-state index contributed by atoms with van der Waals surface area (Å²) in [7, 11) is -9.78. The maximum Gasteiger partial charge on any atom is 0.472 e. The number of hydrogen-bond donors (Lipinski definition) is 4. The van der Waals surface area contributed by atoms with Crippen LogP contribution in [-0.4, -0.2) is 95.9 Å². The second-order valence-corrected chi connectivity index (χ2v) is 30.8. The number of hydrogen-bond acceptors (Lipinski definition) is 14. The maximum atomic E-state index is 13.0. The van der Waals surface area contributed by atoms with Crippen molar-refractivity contribution in [1.82, 2.24) is 0 Å². The van der Waals surface area contributed by atoms with E-state index in [4.69, 9.17) is 32.3 Å². The van der Waals surface area contributed by atoms with Crippen molar-refractivity contribution in [2.45, 2.75) is 386 Å². The van der Waals surface area contributed by atoms with Gasteiger partial charge >= 0.3 is 33.6 Å². The van der Waals surface area contributed by atoms with Crippen LogP contribution in [-0.2, 0) is 55.8 Å². The van der Waals surface area contributed by atoms with Gasteiger partial charge in [-0.3, -0.25) is 32.5 Å². The number of aliphatic hydroxyl groups is 2. The predicted molar refractivity (Wildman–Crippen MR) is 427 cm³/mol. The molecular formula is C85H152O16P2. The Morgan fingerprint density at radius 1 is 0.282 bits per heavy atom. The second kappa shape index (κ2) is 78.1. The Morgan fingerprint density at radius 3 is 0.835 bits per heavy atom. The lowest BCUT2D eigenvalue weighted by Gasteiger charge is -2.21. The predicted octanol–water partition coefficient (Wildman–Crippen LogP) is 24.5. The second-order valence-electron chi connectivity index (χ2n) is 27.9. The third-order valence-electron chi connectivity index (χ3n) is 17.8. The number of ether oxygens (including phenoxy) is 3. The van der Waals surface area contributed by atoms with Crippen molar-refractivity contribution < 1.29 is 75.8 Å². The number of rotatable bonds is 79. The normalized spacial score (nSPS) is 14.4. The Bertz CT molecular complexity index is 2260. The van der Waals surface area contributed by atoms with E-state index in [0.29, 0.717) is 19.3 Å². The van der Waals surface area contributed by atoms with Crippen LogP contribution in [0.5, 0.6) is 0 Å². The Hall–Kier alpha value is -3.53. The number of aliphatic hydroxyl groups excluding tert-OH is 2. The summed E-state index contributed by atoms with van der Waals surface area (Å²) in [4.78, 5) is 58.7. The SMILES string of the molecule is CC/C=C\C/C=C\C/C=C\C/C=C\C/C=C\CCCCCCCCCCCCCCCCCCCC(=O)OCC(O)COP(=O)(O)OCC(O)COP(=O)(O)OCC(COC(=O)CCCCCCCC/C=C\C/C=C\C/C=C\CCCCC)OC(=O)CCCCCCCCCCCCCCCCC. The number of esters is 3. The minimum absolute atomic E-state index is 0.106. The summed E-state index contributed by atoms with van der Waals surface area (Å²) in [6, 6.07) is 0. The number of allylic oxidation sites excluding steroid dienone is 16. The van der Waals surface area contributed by atoms with Gasteiger partial charge in [-0.25, -0.2) is 9.13 Å². The van der Waals surface area contributed by atoms with E-state index in [1.54, 1.807) is 0 Å². The molecule has 5 unspecified atom stereocenters. The van der Waals surface area contributed by atoms with Crippen LogP contribution < -0.4 is 0 Å². The summed E-state index contributed by atoms with van der Waals surface area (Å²) in [6.45, 7) is 2.58. The molecule has 0 rings (SSSR count). The molecule has 4 N–H and O–H groups in total. The molecule has 0 aliphatic carbocycles. The zero-order chi connectivity index (χ0) is 75.2. The monoisotopic (exact) mass is 1490 g/mol. The smallest absolute Gasteiger partial charge is 0.463 e. The Kier molecular flexibility index (Phi) is 75.4. The molecule has 0 fully saturated rings. The molecule has 0 saturated heterocycles. The van der Waals surface area contributed by atoms with Gasteiger partial charge in [0.05, 0.1) is 26.4 Å². The summed E-state index contributed by atoms with van der Waals surface area (Å²) < 4.78 is 61.2. The molecule has 5 atom stereocenters. The lowest BCUT2D eigenvalue weighted by Crippen LogP contribution is -2.30. The average molecular weight is 1490 g/mol. The molecular weight excluding hydrogens is 1340 g/mol. The largest absolute Gasteiger partial charge is 0.472 e. The van der Waals surface area contributed by atoms with Crippen molar-refractivity contribution in [3.8, 4) is 0 Å². The summed E-state index contributed by atoms with van der Waals surface area (Å²) >= 11 is 0. The average Bonchev–Trinajstić information content (AvgIpc) is 0.916. The summed E-state index contributed by atoms with van der Waals surface area (Å²) in [5.74, 6) is -1.57. The van der Waals surface area contributed by atoms with E-state index in [0.717, 1.165) is 135 Å². The third kappa shape index (κ3) is 79.3. The van der Waals surface area contributed by atoms with Gasteiger partial charge in [0.2, 0.25) is 0 Å². The maximum absolute atomic E-state index is 13.0. The number of phosphoric acid groups is 2. The number of unbranched alkanes of at least 4 members (excludes halogenated alkanes) is 40. The number of carbonyl (C=O) groups is 3. The van der Waals surface area contributed by atoms with Gasteiger partial charge in [-0.1, -0.05) is 343 Å². The molecule has 0 aliphatic rings. The van der Waals surface area contributed by atoms with E-state index >= 15 is 0 Å². The standard InChI is InChI=1S/C85H152O16P2/c1-4-7-10-13-16-19-22-25-28-30-32-33-34-35-36-37-38-39-40-41-42-43-44-45-47-49-51-53-56-59-62-65-68-71-83(88)95-74-80(86)75-97-102(91,92)98-76-81(87)77-99-103(93,94)100-79-82(101-85(90)73-70-67-64-61-58-55-50-27-24-21-18-15-12-9-6-3)78-96-84(89)72-69-66-63-60-57-54-52-48-46-31-29-26-23-20-17-14-11-8-5-2/h7,10,16-17,19-20,25-26,28-29,32-33,35-36,46,48,80-82,86-87H,4-6,8-9,11-15,18,21-24,27,30-31,34,37-45,47,49-79H2,1-3H3,(H,91,92)(H,93,94)/b10-7-,19-16-,20-17-,28-25-,29-26-,33-32-,36-35-,48-46-. The first-order valence-corrected chi connectivity index (χ1v) is 44.5. The fraction of sp³-hybridized carbons (Fsp3) is 0.776. The highest BCUT2D eigenvalue weighted by molar-refractivity contribution is 7.47. The topological polar surface area (TPSA) is 231 Å². The quantitative estimate of drug-likeness (QED) is 0.0146. The summed E-state index contributed by atoms with van der Waals surface area (Å²) in [6.07, 6.45) is 90.3. The molecule has 0 spiro atoms. The van der Waals surface area contributed by atoms with Crippen molar-refractivity contribution in [2.24, 2.45) is 0 Å². The van der Waals surface area contributed by atoms with E-state index in [-0.39, 0.29) is 19.3 Å². The van der Waals surface area contributed by atoms with Crippen LogP contribution in [0.3, 0.4) is 0 Å². The van der Waals surface area contributed by atoms with Gasteiger partial charge in [0.25, 0.3) is 0 Å². The molecule has 0 heterocycles. The molecule has 0 aromatic heterocycles. The molecule has 0 amide bonds. The van der Waals surface area contributed by atoms with Crippen LogP contribution in [0.25, 0.3) is 0 Å². The molecule has 0 aliphatic heterocycles. The van der Waals surface area contributed by atoms with Crippen LogP contribution in [0.1, 0.15) is 367 Å². The van der Waals surface area contributed by atoms with Gasteiger partial charge in [0, 0.05) is 19.3 Å². The van der Waals surface area contributed by atoms with Crippen LogP contribution in [0.15, 0.2) is 97.2 Å². The van der Waals surface area contributed by atoms with Crippen LogP contribution >= 0.6 is 15.6 Å². The molecule has 16 nitrogen and oxygen atoms in total. The molecule has 103 heavy (non-hydrogen) atoms. The van der Waals surface area contributed by atoms with Gasteiger partial charge < -0.3 is 34.2 Å². The Balaban J connectivity index is 4.42. The van der Waals surface area contributed by atoms with Gasteiger partial charge in [0.1, 0.15) is 25.4 Å². The number of carbonyl (C=O) groups excluding carboxylic acids is 3. The lowest BCUT2D eigenvalue weighted by atomic mass is 10.0. The number of phosphoric ester groups is 2. The highest BCUT2D eigenvalue weighted by atomic mass is 31.2. The van der Waals surface area contributed by atoms with Crippen LogP contribution in [0.2, 0.25) is 0 Å². The van der Waals surface area contributed by atoms with E-state index in [1.165, 1.54) is 173 Å².